The summed E-state index contributed by atoms with van der Waals surface area (Å²) in [7, 11) is 1.89. The summed E-state index contributed by atoms with van der Waals surface area (Å²) >= 11 is 0. The Kier molecular flexibility index (Phi) is 3.47. The number of carboxylic acids is 1. The molecule has 0 amide bonds. The molecular weight excluding hydrogens is 218 g/mol. The summed E-state index contributed by atoms with van der Waals surface area (Å²) in [5, 5.41) is 9.42. The predicted octanol–water partition coefficient (Wildman–Crippen LogP) is 1.34. The van der Waals surface area contributed by atoms with Gasteiger partial charge in [-0.15, -0.1) is 0 Å². The van der Waals surface area contributed by atoms with E-state index in [1.165, 1.54) is 6.42 Å². The van der Waals surface area contributed by atoms with Crippen LogP contribution in [0.4, 0.5) is 0 Å². The molecule has 94 valence electrons. The Hall–Kier alpha value is -1.36. The first-order chi connectivity index (χ1) is 8.11. The van der Waals surface area contributed by atoms with Gasteiger partial charge in [-0.1, -0.05) is 6.42 Å². The summed E-state index contributed by atoms with van der Waals surface area (Å²) in [6.45, 7) is 3.63. The van der Waals surface area contributed by atoms with Crippen LogP contribution in [0.5, 0.6) is 0 Å². The lowest BCUT2D eigenvalue weighted by Gasteiger charge is -2.31. The van der Waals surface area contributed by atoms with Gasteiger partial charge in [0.15, 0.2) is 6.04 Å². The second-order valence-corrected chi connectivity index (χ2v) is 4.66. The molecule has 1 fully saturated rings. The average Bonchev–Trinajstić information content (AvgIpc) is 2.63. The second kappa shape index (κ2) is 4.87. The van der Waals surface area contributed by atoms with Crippen LogP contribution < -0.4 is 0 Å². The molecule has 0 spiro atoms. The first-order valence-electron chi connectivity index (χ1n) is 6.06. The van der Waals surface area contributed by atoms with Gasteiger partial charge in [-0.25, -0.2) is 4.98 Å². The monoisotopic (exact) mass is 237 g/mol. The first kappa shape index (κ1) is 12.1. The van der Waals surface area contributed by atoms with Gasteiger partial charge in [0.25, 0.3) is 0 Å². The Bertz CT molecular complexity index is 408. The number of piperidine rings is 1. The quantitative estimate of drug-likeness (QED) is 0.862. The number of aromatic nitrogens is 2. The number of nitrogens with zero attached hydrogens (tertiary/aromatic N) is 3. The molecule has 1 aliphatic rings. The average molecular weight is 237 g/mol. The number of hydrogen-bond acceptors (Lipinski definition) is 3. The Balaban J connectivity index is 2.28. The molecule has 2 rings (SSSR count). The molecule has 1 aliphatic heterocycles. The van der Waals surface area contributed by atoms with Crippen LogP contribution >= 0.6 is 0 Å². The van der Waals surface area contributed by atoms with Crippen LogP contribution in [0.2, 0.25) is 0 Å². The summed E-state index contributed by atoms with van der Waals surface area (Å²) in [5.41, 5.74) is 1.62. The van der Waals surface area contributed by atoms with Gasteiger partial charge in [0.1, 0.15) is 0 Å². The highest BCUT2D eigenvalue weighted by molar-refractivity contribution is 5.75. The Morgan fingerprint density at radius 2 is 2.06 bits per heavy atom. The van der Waals surface area contributed by atoms with Gasteiger partial charge in [-0.05, 0) is 32.9 Å². The molecule has 5 nitrogen and oxygen atoms in total. The number of likely N-dealkylation sites (tertiary alicyclic amines) is 1. The van der Waals surface area contributed by atoms with Gasteiger partial charge in [0.2, 0.25) is 0 Å². The van der Waals surface area contributed by atoms with Gasteiger partial charge in [0.05, 0.1) is 12.0 Å². The van der Waals surface area contributed by atoms with Crippen molar-refractivity contribution in [2.45, 2.75) is 32.2 Å². The summed E-state index contributed by atoms with van der Waals surface area (Å²) in [6.07, 6.45) is 5.04. The zero-order valence-electron chi connectivity index (χ0n) is 10.4. The summed E-state index contributed by atoms with van der Waals surface area (Å²) in [5.74, 6) is -0.797. The topological polar surface area (TPSA) is 58.4 Å². The fourth-order valence-electron chi connectivity index (χ4n) is 2.40. The standard InChI is InChI=1S/C12H19N3O2/c1-9-10(13-8-14(9)2)11(12(16)17)15-6-4-3-5-7-15/h8,11H,3-7H2,1-2H3,(H,16,17). The molecule has 1 unspecified atom stereocenters. The van der Waals surface area contributed by atoms with Crippen molar-refractivity contribution in [3.05, 3.63) is 17.7 Å². The van der Waals surface area contributed by atoms with E-state index in [1.807, 2.05) is 23.4 Å². The van der Waals surface area contributed by atoms with E-state index < -0.39 is 12.0 Å². The number of aryl methyl sites for hydroxylation is 1. The lowest BCUT2D eigenvalue weighted by Crippen LogP contribution is -2.38. The molecule has 17 heavy (non-hydrogen) atoms. The SMILES string of the molecule is Cc1c(C(C(=O)O)N2CCCCC2)ncn1C. The molecule has 1 N–H and O–H groups in total. The van der Waals surface area contributed by atoms with Crippen LogP contribution in [0.25, 0.3) is 0 Å². The number of carbonyl (C=O) groups is 1. The Morgan fingerprint density at radius 3 is 2.53 bits per heavy atom. The van der Waals surface area contributed by atoms with Gasteiger partial charge >= 0.3 is 5.97 Å². The third-order valence-corrected chi connectivity index (χ3v) is 3.52. The maximum Gasteiger partial charge on any atom is 0.327 e. The van der Waals surface area contributed by atoms with Crippen LogP contribution in [0.1, 0.15) is 36.7 Å². The van der Waals surface area contributed by atoms with E-state index in [2.05, 4.69) is 4.98 Å². The maximum atomic E-state index is 11.5. The molecule has 5 heteroatoms. The van der Waals surface area contributed by atoms with Gasteiger partial charge in [-0.3, -0.25) is 9.69 Å². The van der Waals surface area contributed by atoms with E-state index >= 15 is 0 Å². The van der Waals surface area contributed by atoms with Crippen LogP contribution in [-0.2, 0) is 11.8 Å². The zero-order valence-corrected chi connectivity index (χ0v) is 10.4. The Morgan fingerprint density at radius 1 is 1.41 bits per heavy atom. The number of aliphatic carboxylic acids is 1. The van der Waals surface area contributed by atoms with E-state index in [0.717, 1.165) is 31.6 Å². The number of hydrogen-bond donors (Lipinski definition) is 1. The van der Waals surface area contributed by atoms with Crippen molar-refractivity contribution >= 4 is 5.97 Å². The largest absolute Gasteiger partial charge is 0.480 e. The highest BCUT2D eigenvalue weighted by Gasteiger charge is 2.31. The molecule has 0 aliphatic carbocycles. The first-order valence-corrected chi connectivity index (χ1v) is 6.06. The van der Waals surface area contributed by atoms with E-state index in [0.29, 0.717) is 5.69 Å². The predicted molar refractivity (Wildman–Crippen MR) is 63.7 cm³/mol. The van der Waals surface area contributed by atoms with Crippen molar-refractivity contribution in [2.24, 2.45) is 7.05 Å². The smallest absolute Gasteiger partial charge is 0.327 e. The van der Waals surface area contributed by atoms with E-state index in [-0.39, 0.29) is 0 Å². The highest BCUT2D eigenvalue weighted by Crippen LogP contribution is 2.25. The molecule has 1 aromatic rings. The third-order valence-electron chi connectivity index (χ3n) is 3.52. The molecule has 0 bridgehead atoms. The third kappa shape index (κ3) is 2.34. The highest BCUT2D eigenvalue weighted by atomic mass is 16.4. The van der Waals surface area contributed by atoms with E-state index in [4.69, 9.17) is 0 Å². The van der Waals surface area contributed by atoms with Gasteiger partial charge in [-0.2, -0.15) is 0 Å². The van der Waals surface area contributed by atoms with Crippen molar-refractivity contribution in [2.75, 3.05) is 13.1 Å². The molecule has 0 saturated carbocycles. The zero-order chi connectivity index (χ0) is 12.4. The molecule has 0 aromatic carbocycles. The fourth-order valence-corrected chi connectivity index (χ4v) is 2.40. The number of carboxylic acid groups (broad SMARTS) is 1. The van der Waals surface area contributed by atoms with Crippen molar-refractivity contribution in [3.63, 3.8) is 0 Å². The maximum absolute atomic E-state index is 11.5. The minimum Gasteiger partial charge on any atom is -0.480 e. The van der Waals surface area contributed by atoms with Crippen molar-refractivity contribution in [1.82, 2.24) is 14.5 Å². The van der Waals surface area contributed by atoms with Crippen LogP contribution in [0, 0.1) is 6.92 Å². The van der Waals surface area contributed by atoms with Gasteiger partial charge in [0, 0.05) is 12.7 Å². The lowest BCUT2D eigenvalue weighted by atomic mass is 10.1. The molecule has 2 heterocycles. The molecule has 0 radical (unpaired) electrons. The minimum atomic E-state index is -0.797. The van der Waals surface area contributed by atoms with Crippen molar-refractivity contribution in [1.29, 1.82) is 0 Å². The number of imidazole rings is 1. The molecule has 1 saturated heterocycles. The fraction of sp³-hybridized carbons (Fsp3) is 0.667. The van der Waals surface area contributed by atoms with Crippen molar-refractivity contribution < 1.29 is 9.90 Å². The van der Waals surface area contributed by atoms with Crippen LogP contribution in [0.15, 0.2) is 6.33 Å². The van der Waals surface area contributed by atoms with Crippen LogP contribution in [-0.4, -0.2) is 38.6 Å². The Labute approximate surface area is 101 Å². The van der Waals surface area contributed by atoms with E-state index in [1.54, 1.807) is 6.33 Å². The summed E-state index contributed by atoms with van der Waals surface area (Å²) in [4.78, 5) is 17.8. The second-order valence-electron chi connectivity index (χ2n) is 4.66. The van der Waals surface area contributed by atoms with Crippen molar-refractivity contribution in [3.8, 4) is 0 Å². The summed E-state index contributed by atoms with van der Waals surface area (Å²) in [6, 6.07) is -0.587. The lowest BCUT2D eigenvalue weighted by molar-refractivity contribution is -0.144. The van der Waals surface area contributed by atoms with E-state index in [9.17, 15) is 9.90 Å². The molecule has 1 atom stereocenters. The molecular formula is C12H19N3O2. The van der Waals surface area contributed by atoms with Crippen LogP contribution in [0.3, 0.4) is 0 Å². The summed E-state index contributed by atoms with van der Waals surface area (Å²) < 4.78 is 1.87. The molecule has 1 aromatic heterocycles. The number of rotatable bonds is 3. The normalized spacial score (nSPS) is 19.2. The van der Waals surface area contributed by atoms with Gasteiger partial charge < -0.3 is 9.67 Å². The minimum absolute atomic E-state index is 0.587.